The van der Waals surface area contributed by atoms with Gasteiger partial charge in [0.2, 0.25) is 5.82 Å². The molecular formula is C13H18F2N2O2. The molecule has 1 aromatic rings. The Morgan fingerprint density at radius 3 is 2.47 bits per heavy atom. The fourth-order valence-corrected chi connectivity index (χ4v) is 2.37. The van der Waals surface area contributed by atoms with Crippen LogP contribution in [0.1, 0.15) is 38.7 Å². The number of hydrogen-bond acceptors (Lipinski definition) is 3. The number of likely N-dealkylation sites (N-methyl/N-ethyl adjacent to an activating group) is 1. The number of hydrogen-bond donors (Lipinski definition) is 1. The van der Waals surface area contributed by atoms with Crippen molar-refractivity contribution in [2.75, 3.05) is 6.54 Å². The Morgan fingerprint density at radius 1 is 1.37 bits per heavy atom. The van der Waals surface area contributed by atoms with Crippen molar-refractivity contribution in [1.82, 2.24) is 5.32 Å². The molecule has 4 nitrogen and oxygen atoms in total. The van der Waals surface area contributed by atoms with E-state index in [1.165, 1.54) is 0 Å². The predicted molar refractivity (Wildman–Crippen MR) is 69.2 cm³/mol. The van der Waals surface area contributed by atoms with Crippen LogP contribution in [0.3, 0.4) is 0 Å². The van der Waals surface area contributed by atoms with Gasteiger partial charge in [-0.1, -0.05) is 13.8 Å². The summed E-state index contributed by atoms with van der Waals surface area (Å²) in [5.41, 5.74) is -0.517. The first-order valence-electron chi connectivity index (χ1n) is 6.29. The molecule has 6 heteroatoms. The highest BCUT2D eigenvalue weighted by molar-refractivity contribution is 5.45. The summed E-state index contributed by atoms with van der Waals surface area (Å²) in [4.78, 5) is 10.2. The SMILES string of the molecule is CCNC(C)C(CC)c1cc(F)cc(F)c1[N+](=O)[O-]. The third kappa shape index (κ3) is 3.47. The second-order valence-electron chi connectivity index (χ2n) is 4.44. The van der Waals surface area contributed by atoms with Crippen LogP contribution >= 0.6 is 0 Å². The molecular weight excluding hydrogens is 254 g/mol. The van der Waals surface area contributed by atoms with Crippen LogP contribution in [0, 0.1) is 21.7 Å². The first kappa shape index (κ1) is 15.5. The van der Waals surface area contributed by atoms with Crippen LogP contribution in [0.2, 0.25) is 0 Å². The number of nitrogens with one attached hydrogen (secondary N) is 1. The maximum absolute atomic E-state index is 13.6. The van der Waals surface area contributed by atoms with Gasteiger partial charge in [0.15, 0.2) is 0 Å². The molecule has 0 aliphatic carbocycles. The summed E-state index contributed by atoms with van der Waals surface area (Å²) < 4.78 is 26.9. The highest BCUT2D eigenvalue weighted by atomic mass is 19.1. The molecule has 0 fully saturated rings. The fourth-order valence-electron chi connectivity index (χ4n) is 2.37. The molecule has 0 heterocycles. The molecule has 0 amide bonds. The van der Waals surface area contributed by atoms with Crippen molar-refractivity contribution >= 4 is 5.69 Å². The number of rotatable bonds is 6. The molecule has 1 N–H and O–H groups in total. The van der Waals surface area contributed by atoms with Crippen LogP contribution in [-0.4, -0.2) is 17.5 Å². The van der Waals surface area contributed by atoms with E-state index in [2.05, 4.69) is 5.32 Å². The van der Waals surface area contributed by atoms with Gasteiger partial charge in [0.05, 0.1) is 4.92 Å². The van der Waals surface area contributed by atoms with E-state index in [1.807, 2.05) is 20.8 Å². The van der Waals surface area contributed by atoms with Crippen molar-refractivity contribution in [3.8, 4) is 0 Å². The van der Waals surface area contributed by atoms with Crippen molar-refractivity contribution in [1.29, 1.82) is 0 Å². The Bertz CT molecular complexity index is 466. The first-order valence-corrected chi connectivity index (χ1v) is 6.29. The molecule has 1 rings (SSSR count). The average molecular weight is 272 g/mol. The van der Waals surface area contributed by atoms with Gasteiger partial charge in [0, 0.05) is 23.6 Å². The second-order valence-corrected chi connectivity index (χ2v) is 4.44. The van der Waals surface area contributed by atoms with E-state index in [9.17, 15) is 18.9 Å². The lowest BCUT2D eigenvalue weighted by Crippen LogP contribution is -2.32. The summed E-state index contributed by atoms with van der Waals surface area (Å²) in [6.45, 7) is 6.28. The number of halogens is 2. The Balaban J connectivity index is 3.33. The number of nitro benzene ring substituents is 1. The van der Waals surface area contributed by atoms with E-state index >= 15 is 0 Å². The molecule has 19 heavy (non-hydrogen) atoms. The Labute approximate surface area is 111 Å². The lowest BCUT2D eigenvalue weighted by atomic mass is 9.88. The normalized spacial score (nSPS) is 14.2. The molecule has 0 aromatic heterocycles. The number of nitrogens with zero attached hydrogens (tertiary/aromatic N) is 1. The van der Waals surface area contributed by atoms with Gasteiger partial charge in [-0.05, 0) is 26.0 Å². The van der Waals surface area contributed by atoms with Gasteiger partial charge in [-0.3, -0.25) is 10.1 Å². The molecule has 0 saturated carbocycles. The van der Waals surface area contributed by atoms with Gasteiger partial charge in [-0.15, -0.1) is 0 Å². The van der Waals surface area contributed by atoms with Crippen LogP contribution in [0.4, 0.5) is 14.5 Å². The number of benzene rings is 1. The van der Waals surface area contributed by atoms with Crippen LogP contribution in [0.25, 0.3) is 0 Å². The third-order valence-electron chi connectivity index (χ3n) is 3.21. The minimum atomic E-state index is -1.12. The van der Waals surface area contributed by atoms with E-state index in [0.717, 1.165) is 6.07 Å². The smallest absolute Gasteiger partial charge is 0.308 e. The molecule has 0 bridgehead atoms. The van der Waals surface area contributed by atoms with Crippen molar-refractivity contribution in [3.63, 3.8) is 0 Å². The summed E-state index contributed by atoms with van der Waals surface area (Å²) in [6, 6.07) is 1.50. The lowest BCUT2D eigenvalue weighted by molar-refractivity contribution is -0.388. The van der Waals surface area contributed by atoms with E-state index < -0.39 is 22.2 Å². The van der Waals surface area contributed by atoms with Gasteiger partial charge in [0.25, 0.3) is 0 Å². The lowest BCUT2D eigenvalue weighted by Gasteiger charge is -2.23. The zero-order valence-electron chi connectivity index (χ0n) is 11.2. The average Bonchev–Trinajstić information content (AvgIpc) is 2.28. The van der Waals surface area contributed by atoms with Crippen molar-refractivity contribution in [2.24, 2.45) is 0 Å². The van der Waals surface area contributed by atoms with Crippen LogP contribution < -0.4 is 5.32 Å². The van der Waals surface area contributed by atoms with E-state index in [4.69, 9.17) is 0 Å². The van der Waals surface area contributed by atoms with Crippen LogP contribution in [-0.2, 0) is 0 Å². The van der Waals surface area contributed by atoms with Gasteiger partial charge in [0.1, 0.15) is 5.82 Å². The third-order valence-corrected chi connectivity index (χ3v) is 3.21. The molecule has 0 aliphatic rings. The van der Waals surface area contributed by atoms with Crippen LogP contribution in [0.15, 0.2) is 12.1 Å². The molecule has 2 unspecified atom stereocenters. The maximum atomic E-state index is 13.6. The zero-order valence-corrected chi connectivity index (χ0v) is 11.2. The molecule has 0 saturated heterocycles. The number of nitro groups is 1. The summed E-state index contributed by atoms with van der Waals surface area (Å²) in [6.07, 6.45) is 0.553. The summed E-state index contributed by atoms with van der Waals surface area (Å²) in [7, 11) is 0. The molecule has 0 radical (unpaired) electrons. The van der Waals surface area contributed by atoms with Gasteiger partial charge in [-0.2, -0.15) is 4.39 Å². The van der Waals surface area contributed by atoms with Gasteiger partial charge in [-0.25, -0.2) is 4.39 Å². The largest absolute Gasteiger partial charge is 0.314 e. The van der Waals surface area contributed by atoms with Crippen molar-refractivity contribution < 1.29 is 13.7 Å². The predicted octanol–water partition coefficient (Wildman–Crippen LogP) is 3.36. The monoisotopic (exact) mass is 272 g/mol. The summed E-state index contributed by atoms with van der Waals surface area (Å²) in [5, 5.41) is 14.1. The fraction of sp³-hybridized carbons (Fsp3) is 0.538. The second kappa shape index (κ2) is 6.56. The topological polar surface area (TPSA) is 55.2 Å². The molecule has 1 aromatic carbocycles. The molecule has 106 valence electrons. The molecule has 0 aliphatic heterocycles. The van der Waals surface area contributed by atoms with Crippen LogP contribution in [0.5, 0.6) is 0 Å². The summed E-state index contributed by atoms with van der Waals surface area (Å²) in [5.74, 6) is -2.23. The minimum absolute atomic E-state index is 0.102. The highest BCUT2D eigenvalue weighted by Crippen LogP contribution is 2.34. The molecule has 2 atom stereocenters. The quantitative estimate of drug-likeness (QED) is 0.638. The minimum Gasteiger partial charge on any atom is -0.314 e. The standard InChI is InChI=1S/C13H18F2N2O2/c1-4-10(8(3)16-5-2)11-6-9(14)7-12(15)13(11)17(18)19/h6-8,10,16H,4-5H2,1-3H3. The highest BCUT2D eigenvalue weighted by Gasteiger charge is 2.29. The molecule has 0 spiro atoms. The van der Waals surface area contributed by atoms with Crippen molar-refractivity contribution in [2.45, 2.75) is 39.2 Å². The Hall–Kier alpha value is -1.56. The van der Waals surface area contributed by atoms with Crippen molar-refractivity contribution in [3.05, 3.63) is 39.4 Å². The van der Waals surface area contributed by atoms with E-state index in [-0.39, 0.29) is 17.5 Å². The van der Waals surface area contributed by atoms with E-state index in [1.54, 1.807) is 0 Å². The summed E-state index contributed by atoms with van der Waals surface area (Å²) >= 11 is 0. The Morgan fingerprint density at radius 2 is 2.00 bits per heavy atom. The Kier molecular flexibility index (Phi) is 5.35. The van der Waals surface area contributed by atoms with Gasteiger partial charge < -0.3 is 5.32 Å². The van der Waals surface area contributed by atoms with E-state index in [0.29, 0.717) is 19.0 Å². The zero-order chi connectivity index (χ0) is 14.6. The van der Waals surface area contributed by atoms with Gasteiger partial charge >= 0.3 is 5.69 Å². The first-order chi connectivity index (χ1) is 8.92. The maximum Gasteiger partial charge on any atom is 0.308 e.